The summed E-state index contributed by atoms with van der Waals surface area (Å²) in [6.45, 7) is 0. The lowest BCUT2D eigenvalue weighted by molar-refractivity contribution is -0.432. The molecule has 0 saturated carbocycles. The first-order valence-electron chi connectivity index (χ1n) is 6.80. The third-order valence-corrected chi connectivity index (χ3v) is 3.59. The molecule has 0 amide bonds. The van der Waals surface area contributed by atoms with E-state index in [9.17, 15) is 18.9 Å². The van der Waals surface area contributed by atoms with Gasteiger partial charge in [0.25, 0.3) is 5.88 Å². The minimum atomic E-state index is -0.942. The van der Waals surface area contributed by atoms with E-state index in [-0.39, 0.29) is 17.1 Å². The van der Waals surface area contributed by atoms with Crippen molar-refractivity contribution in [1.29, 1.82) is 0 Å². The topological polar surface area (TPSA) is 64.4 Å². The second-order valence-electron chi connectivity index (χ2n) is 5.00. The highest BCUT2D eigenvalue weighted by Gasteiger charge is 2.39. The standard InChI is InChI=1S/C16H12F2N2O3/c1-19-16-15(20(21)22)14(9-6-10(17)8-11(18)7-9)12-4-2-3-5-13(12)23-16/h2-8,14,19H,1H3. The number of rotatable bonds is 3. The van der Waals surface area contributed by atoms with E-state index >= 15 is 0 Å². The van der Waals surface area contributed by atoms with Crippen molar-refractivity contribution >= 4 is 0 Å². The number of nitrogens with one attached hydrogen (secondary N) is 1. The van der Waals surface area contributed by atoms with Gasteiger partial charge in [-0.1, -0.05) is 18.2 Å². The maximum atomic E-state index is 13.6. The summed E-state index contributed by atoms with van der Waals surface area (Å²) in [5, 5.41) is 14.2. The first kappa shape index (κ1) is 15.0. The van der Waals surface area contributed by atoms with E-state index in [2.05, 4.69) is 5.32 Å². The van der Waals surface area contributed by atoms with Gasteiger partial charge in [-0.25, -0.2) is 8.78 Å². The van der Waals surface area contributed by atoms with Gasteiger partial charge in [-0.15, -0.1) is 0 Å². The summed E-state index contributed by atoms with van der Waals surface area (Å²) < 4.78 is 32.7. The van der Waals surface area contributed by atoms with Crippen LogP contribution >= 0.6 is 0 Å². The highest BCUT2D eigenvalue weighted by atomic mass is 19.1. The second-order valence-corrected chi connectivity index (χ2v) is 5.00. The highest BCUT2D eigenvalue weighted by Crippen LogP contribution is 2.42. The van der Waals surface area contributed by atoms with E-state index < -0.39 is 22.5 Å². The van der Waals surface area contributed by atoms with Crippen molar-refractivity contribution < 1.29 is 18.4 Å². The van der Waals surface area contributed by atoms with Gasteiger partial charge in [-0.05, 0) is 23.8 Å². The summed E-state index contributed by atoms with van der Waals surface area (Å²) in [7, 11) is 1.48. The number of benzene rings is 2. The molecule has 0 aliphatic carbocycles. The Kier molecular flexibility index (Phi) is 3.69. The number of allylic oxidation sites excluding steroid dienone is 1. The molecule has 23 heavy (non-hydrogen) atoms. The molecule has 3 rings (SSSR count). The number of halogens is 2. The van der Waals surface area contributed by atoms with Crippen molar-refractivity contribution in [2.45, 2.75) is 5.92 Å². The van der Waals surface area contributed by atoms with Crippen LogP contribution in [-0.4, -0.2) is 12.0 Å². The third kappa shape index (κ3) is 2.61. The third-order valence-electron chi connectivity index (χ3n) is 3.59. The molecule has 2 aromatic carbocycles. The van der Waals surface area contributed by atoms with Crippen molar-refractivity contribution in [3.05, 3.63) is 86.9 Å². The van der Waals surface area contributed by atoms with E-state index in [1.165, 1.54) is 7.05 Å². The molecule has 2 aromatic rings. The molecular weight excluding hydrogens is 306 g/mol. The van der Waals surface area contributed by atoms with Gasteiger partial charge in [0, 0.05) is 18.7 Å². The van der Waals surface area contributed by atoms with Crippen LogP contribution in [0.3, 0.4) is 0 Å². The van der Waals surface area contributed by atoms with Crippen molar-refractivity contribution in [2.75, 3.05) is 7.05 Å². The molecule has 0 saturated heterocycles. The molecule has 0 radical (unpaired) electrons. The van der Waals surface area contributed by atoms with E-state index in [0.717, 1.165) is 18.2 Å². The van der Waals surface area contributed by atoms with Gasteiger partial charge in [0.2, 0.25) is 0 Å². The highest BCUT2D eigenvalue weighted by molar-refractivity contribution is 5.50. The number of para-hydroxylation sites is 1. The van der Waals surface area contributed by atoms with E-state index in [0.29, 0.717) is 11.3 Å². The first-order chi connectivity index (χ1) is 11.0. The molecule has 1 N–H and O–H groups in total. The minimum Gasteiger partial charge on any atom is -0.435 e. The minimum absolute atomic E-state index is 0.0524. The molecule has 0 spiro atoms. The Morgan fingerprint density at radius 1 is 1.17 bits per heavy atom. The van der Waals surface area contributed by atoms with E-state index in [1.807, 2.05) is 0 Å². The van der Waals surface area contributed by atoms with Crippen molar-refractivity contribution in [3.63, 3.8) is 0 Å². The lowest BCUT2D eigenvalue weighted by atomic mass is 9.86. The van der Waals surface area contributed by atoms with Crippen LogP contribution < -0.4 is 10.1 Å². The Morgan fingerprint density at radius 2 is 1.83 bits per heavy atom. The molecule has 1 atom stereocenters. The molecule has 1 heterocycles. The van der Waals surface area contributed by atoms with E-state index in [1.54, 1.807) is 24.3 Å². The van der Waals surface area contributed by atoms with Crippen molar-refractivity contribution in [2.24, 2.45) is 0 Å². The average Bonchev–Trinajstić information content (AvgIpc) is 2.51. The van der Waals surface area contributed by atoms with Crippen molar-refractivity contribution in [3.8, 4) is 5.75 Å². The Balaban J connectivity index is 2.28. The average molecular weight is 318 g/mol. The summed E-state index contributed by atoms with van der Waals surface area (Å²) in [4.78, 5) is 10.9. The Labute approximate surface area is 130 Å². The second kappa shape index (κ2) is 5.68. The van der Waals surface area contributed by atoms with E-state index in [4.69, 9.17) is 4.74 Å². The Bertz CT molecular complexity index is 800. The molecule has 0 fully saturated rings. The van der Waals surface area contributed by atoms with Crippen molar-refractivity contribution in [1.82, 2.24) is 5.32 Å². The number of nitro groups is 1. The zero-order chi connectivity index (χ0) is 16.6. The Hall–Kier alpha value is -2.96. The van der Waals surface area contributed by atoms with Crippen LogP contribution in [0.5, 0.6) is 5.75 Å². The molecule has 1 unspecified atom stereocenters. The van der Waals surface area contributed by atoms with Crippen LogP contribution in [0.15, 0.2) is 54.0 Å². The predicted octanol–water partition coefficient (Wildman–Crippen LogP) is 3.15. The van der Waals surface area contributed by atoms with Gasteiger partial charge in [-0.3, -0.25) is 10.1 Å². The normalized spacial score (nSPS) is 16.6. The van der Waals surface area contributed by atoms with Crippen LogP contribution in [-0.2, 0) is 0 Å². The summed E-state index contributed by atoms with van der Waals surface area (Å²) >= 11 is 0. The van der Waals surface area contributed by atoms with Crippen LogP contribution in [0.2, 0.25) is 0 Å². The van der Waals surface area contributed by atoms with Gasteiger partial charge in [0.05, 0.1) is 4.92 Å². The molecule has 1 aliphatic heterocycles. The summed E-state index contributed by atoms with van der Waals surface area (Å²) in [5.74, 6) is -2.18. The molecule has 1 aliphatic rings. The number of ether oxygens (including phenoxy) is 1. The molecule has 0 aromatic heterocycles. The summed E-state index contributed by atoms with van der Waals surface area (Å²) in [6, 6.07) is 9.59. The first-order valence-corrected chi connectivity index (χ1v) is 6.80. The summed E-state index contributed by atoms with van der Waals surface area (Å²) in [5.41, 5.74) is 0.331. The SMILES string of the molecule is CNC1=C([N+](=O)[O-])C(c2cc(F)cc(F)c2)c2ccccc2O1. The molecule has 7 heteroatoms. The maximum Gasteiger partial charge on any atom is 0.317 e. The van der Waals surface area contributed by atoms with Gasteiger partial charge < -0.3 is 10.1 Å². The number of nitrogens with zero attached hydrogens (tertiary/aromatic N) is 1. The largest absolute Gasteiger partial charge is 0.435 e. The fourth-order valence-electron chi connectivity index (χ4n) is 2.70. The Morgan fingerprint density at radius 3 is 2.43 bits per heavy atom. The zero-order valence-electron chi connectivity index (χ0n) is 12.0. The lowest BCUT2D eigenvalue weighted by Gasteiger charge is -2.25. The molecular formula is C16H12F2N2O3. The van der Waals surface area contributed by atoms with Gasteiger partial charge in [-0.2, -0.15) is 0 Å². The quantitative estimate of drug-likeness (QED) is 0.697. The number of fused-ring (bicyclic) bond motifs is 1. The van der Waals surface area contributed by atoms with Crippen LogP contribution in [0, 0.1) is 21.7 Å². The van der Waals surface area contributed by atoms with Gasteiger partial charge in [0.1, 0.15) is 23.3 Å². The lowest BCUT2D eigenvalue weighted by Crippen LogP contribution is -2.27. The van der Waals surface area contributed by atoms with Crippen LogP contribution in [0.25, 0.3) is 0 Å². The zero-order valence-corrected chi connectivity index (χ0v) is 12.0. The number of hydrogen-bond donors (Lipinski definition) is 1. The molecule has 0 bridgehead atoms. The fourth-order valence-corrected chi connectivity index (χ4v) is 2.70. The molecule has 5 nitrogen and oxygen atoms in total. The number of hydrogen-bond acceptors (Lipinski definition) is 4. The fraction of sp³-hybridized carbons (Fsp3) is 0.125. The van der Waals surface area contributed by atoms with Crippen LogP contribution in [0.1, 0.15) is 17.0 Å². The van der Waals surface area contributed by atoms with Gasteiger partial charge >= 0.3 is 5.70 Å². The predicted molar refractivity (Wildman–Crippen MR) is 78.4 cm³/mol. The maximum absolute atomic E-state index is 13.6. The molecule has 118 valence electrons. The van der Waals surface area contributed by atoms with Gasteiger partial charge in [0.15, 0.2) is 0 Å². The summed E-state index contributed by atoms with van der Waals surface area (Å²) in [6.07, 6.45) is 0. The van der Waals surface area contributed by atoms with Crippen LogP contribution in [0.4, 0.5) is 8.78 Å². The smallest absolute Gasteiger partial charge is 0.317 e. The monoisotopic (exact) mass is 318 g/mol.